The largest absolute Gasteiger partial charge is 0.478 e. The monoisotopic (exact) mass is 356 g/mol. The van der Waals surface area contributed by atoms with Gasteiger partial charge in [-0.3, -0.25) is 0 Å². The minimum Gasteiger partial charge on any atom is -0.478 e. The third-order valence-electron chi connectivity index (χ3n) is 3.22. The molecule has 114 valence electrons. The minimum absolute atomic E-state index is 0.0693. The summed E-state index contributed by atoms with van der Waals surface area (Å²) in [5.41, 5.74) is 0.541. The molecule has 0 bridgehead atoms. The molecule has 3 N–H and O–H groups in total. The van der Waals surface area contributed by atoms with Gasteiger partial charge in [0.1, 0.15) is 0 Å². The number of hydrogen-bond acceptors (Lipinski definition) is 3. The average Bonchev–Trinajstić information content (AvgIpc) is 2.37. The molecule has 2 rings (SSSR count). The summed E-state index contributed by atoms with van der Waals surface area (Å²) < 4.78 is 6.02. The van der Waals surface area contributed by atoms with Crippen molar-refractivity contribution in [2.24, 2.45) is 0 Å². The Morgan fingerprint density at radius 3 is 2.81 bits per heavy atom. The highest BCUT2D eigenvalue weighted by atomic mass is 79.9. The zero-order valence-corrected chi connectivity index (χ0v) is 13.1. The number of hydrogen-bond donors (Lipinski definition) is 3. The van der Waals surface area contributed by atoms with Gasteiger partial charge in [0.15, 0.2) is 0 Å². The fraction of sp³-hybridized carbons (Fsp3) is 0.429. The molecule has 0 spiro atoms. The first-order valence-corrected chi connectivity index (χ1v) is 7.46. The number of anilines is 1. The molecule has 1 aliphatic rings. The average molecular weight is 357 g/mol. The Kier molecular flexibility index (Phi) is 5.19. The number of nitrogens with one attached hydrogen (secondary N) is 2. The number of ether oxygens (including phenoxy) is 1. The van der Waals surface area contributed by atoms with E-state index in [1.807, 2.05) is 6.92 Å². The molecule has 2 atom stereocenters. The number of carbonyl (C=O) groups excluding carboxylic acids is 1. The van der Waals surface area contributed by atoms with E-state index in [9.17, 15) is 9.59 Å². The molecule has 1 aromatic carbocycles. The number of aromatic carboxylic acids is 1. The van der Waals surface area contributed by atoms with Crippen molar-refractivity contribution in [3.05, 3.63) is 28.2 Å². The summed E-state index contributed by atoms with van der Waals surface area (Å²) >= 11 is 3.23. The summed E-state index contributed by atoms with van der Waals surface area (Å²) in [6.45, 7) is 2.60. The summed E-state index contributed by atoms with van der Waals surface area (Å²) in [6, 6.07) is 4.27. The van der Waals surface area contributed by atoms with Gasteiger partial charge in [-0.05, 0) is 38.0 Å². The third kappa shape index (κ3) is 4.71. The van der Waals surface area contributed by atoms with Crippen molar-refractivity contribution in [2.45, 2.75) is 31.9 Å². The van der Waals surface area contributed by atoms with Crippen LogP contribution in [0.3, 0.4) is 0 Å². The molecule has 1 saturated heterocycles. The van der Waals surface area contributed by atoms with Crippen LogP contribution in [0.15, 0.2) is 22.7 Å². The van der Waals surface area contributed by atoms with E-state index >= 15 is 0 Å². The van der Waals surface area contributed by atoms with Gasteiger partial charge in [0.25, 0.3) is 0 Å². The summed E-state index contributed by atoms with van der Waals surface area (Å²) in [6.07, 6.45) is 1.68. The van der Waals surface area contributed by atoms with Gasteiger partial charge in [-0.2, -0.15) is 0 Å². The molecule has 0 saturated carbocycles. The molecule has 0 radical (unpaired) electrons. The van der Waals surface area contributed by atoms with Gasteiger partial charge in [0.05, 0.1) is 11.7 Å². The number of halogens is 1. The second-order valence-electron chi connectivity index (χ2n) is 5.03. The van der Waals surface area contributed by atoms with Gasteiger partial charge in [-0.15, -0.1) is 0 Å². The van der Waals surface area contributed by atoms with Gasteiger partial charge in [0, 0.05) is 22.8 Å². The number of benzene rings is 1. The number of carboxylic acid groups (broad SMARTS) is 1. The fourth-order valence-corrected chi connectivity index (χ4v) is 2.76. The molecule has 6 nitrogen and oxygen atoms in total. The lowest BCUT2D eigenvalue weighted by Gasteiger charge is -2.27. The van der Waals surface area contributed by atoms with Crippen molar-refractivity contribution in [3.8, 4) is 0 Å². The molecular weight excluding hydrogens is 340 g/mol. The number of amides is 2. The van der Waals surface area contributed by atoms with Crippen molar-refractivity contribution in [1.29, 1.82) is 0 Å². The smallest absolute Gasteiger partial charge is 0.335 e. The molecule has 2 amide bonds. The SMILES string of the molecule is CC1CC(NC(=O)Nc2cc(Br)cc(C(=O)O)c2)CCO1. The Hall–Kier alpha value is -1.60. The zero-order valence-electron chi connectivity index (χ0n) is 11.6. The molecule has 1 fully saturated rings. The highest BCUT2D eigenvalue weighted by molar-refractivity contribution is 9.10. The second-order valence-corrected chi connectivity index (χ2v) is 5.95. The van der Waals surface area contributed by atoms with E-state index in [1.54, 1.807) is 6.07 Å². The van der Waals surface area contributed by atoms with Crippen molar-refractivity contribution in [2.75, 3.05) is 11.9 Å². The fourth-order valence-electron chi connectivity index (χ4n) is 2.27. The first kappa shape index (κ1) is 15.8. The highest BCUT2D eigenvalue weighted by Gasteiger charge is 2.21. The Balaban J connectivity index is 1.97. The maximum Gasteiger partial charge on any atom is 0.335 e. The second kappa shape index (κ2) is 6.91. The molecular formula is C14H17BrN2O4. The van der Waals surface area contributed by atoms with Crippen molar-refractivity contribution < 1.29 is 19.4 Å². The van der Waals surface area contributed by atoms with Crippen LogP contribution in [0.5, 0.6) is 0 Å². The number of urea groups is 1. The topological polar surface area (TPSA) is 87.7 Å². The quantitative estimate of drug-likeness (QED) is 0.776. The van der Waals surface area contributed by atoms with E-state index in [0.717, 1.165) is 12.8 Å². The van der Waals surface area contributed by atoms with Gasteiger partial charge in [-0.1, -0.05) is 15.9 Å². The predicted octanol–water partition coefficient (Wildman–Crippen LogP) is 2.84. The van der Waals surface area contributed by atoms with Gasteiger partial charge in [0.2, 0.25) is 0 Å². The highest BCUT2D eigenvalue weighted by Crippen LogP contribution is 2.20. The maximum atomic E-state index is 12.0. The first-order chi connectivity index (χ1) is 9.94. The normalized spacial score (nSPS) is 21.6. The molecule has 21 heavy (non-hydrogen) atoms. The minimum atomic E-state index is -1.04. The third-order valence-corrected chi connectivity index (χ3v) is 3.68. The van der Waals surface area contributed by atoms with Crippen molar-refractivity contribution in [1.82, 2.24) is 5.32 Å². The molecule has 7 heteroatoms. The number of carbonyl (C=O) groups is 2. The maximum absolute atomic E-state index is 12.0. The summed E-state index contributed by atoms with van der Waals surface area (Å²) in [7, 11) is 0. The molecule has 1 heterocycles. The molecule has 0 aliphatic carbocycles. The first-order valence-electron chi connectivity index (χ1n) is 6.67. The van der Waals surface area contributed by atoms with E-state index < -0.39 is 5.97 Å². The number of carboxylic acids is 1. The Morgan fingerprint density at radius 1 is 1.38 bits per heavy atom. The lowest BCUT2D eigenvalue weighted by molar-refractivity contribution is 0.0157. The summed E-state index contributed by atoms with van der Waals surface area (Å²) in [5.74, 6) is -1.04. The van der Waals surface area contributed by atoms with E-state index in [0.29, 0.717) is 16.8 Å². The summed E-state index contributed by atoms with van der Waals surface area (Å²) in [5, 5.41) is 14.5. The molecule has 2 unspecified atom stereocenters. The Morgan fingerprint density at radius 2 is 2.14 bits per heavy atom. The van der Waals surface area contributed by atoms with Crippen molar-refractivity contribution >= 4 is 33.6 Å². The zero-order chi connectivity index (χ0) is 15.4. The van der Waals surface area contributed by atoms with E-state index in [4.69, 9.17) is 9.84 Å². The lowest BCUT2D eigenvalue weighted by Crippen LogP contribution is -2.43. The van der Waals surface area contributed by atoms with Crippen LogP contribution in [0.25, 0.3) is 0 Å². The summed E-state index contributed by atoms with van der Waals surface area (Å²) in [4.78, 5) is 22.9. The molecule has 1 aliphatic heterocycles. The number of rotatable bonds is 3. The van der Waals surface area contributed by atoms with Crippen LogP contribution in [0.2, 0.25) is 0 Å². The van der Waals surface area contributed by atoms with E-state index in [1.165, 1.54) is 12.1 Å². The van der Waals surface area contributed by atoms with Crippen molar-refractivity contribution in [3.63, 3.8) is 0 Å². The van der Waals surface area contributed by atoms with E-state index in [-0.39, 0.29) is 23.7 Å². The van der Waals surface area contributed by atoms with Crippen LogP contribution < -0.4 is 10.6 Å². The van der Waals surface area contributed by atoms with Crippen LogP contribution in [0.1, 0.15) is 30.1 Å². The van der Waals surface area contributed by atoms with Gasteiger partial charge >= 0.3 is 12.0 Å². The molecule has 0 aromatic heterocycles. The Labute approximate surface area is 131 Å². The van der Waals surface area contributed by atoms with Crippen LogP contribution in [-0.4, -0.2) is 35.9 Å². The van der Waals surface area contributed by atoms with Gasteiger partial charge in [-0.25, -0.2) is 9.59 Å². The Bertz CT molecular complexity index is 550. The standard InChI is InChI=1S/C14H17BrN2O4/c1-8-4-11(2-3-21-8)16-14(20)17-12-6-9(13(18)19)5-10(15)7-12/h5-8,11H,2-4H2,1H3,(H,18,19)(H2,16,17,20). The van der Waals surface area contributed by atoms with Crippen LogP contribution >= 0.6 is 15.9 Å². The predicted molar refractivity (Wildman–Crippen MR) is 81.7 cm³/mol. The van der Waals surface area contributed by atoms with Crippen LogP contribution in [0, 0.1) is 0 Å². The van der Waals surface area contributed by atoms with E-state index in [2.05, 4.69) is 26.6 Å². The molecule has 1 aromatic rings. The van der Waals surface area contributed by atoms with Gasteiger partial charge < -0.3 is 20.5 Å². The lowest BCUT2D eigenvalue weighted by atomic mass is 10.0. The van der Waals surface area contributed by atoms with Crippen LogP contribution in [-0.2, 0) is 4.74 Å². The van der Waals surface area contributed by atoms with Crippen LogP contribution in [0.4, 0.5) is 10.5 Å².